The van der Waals surface area contributed by atoms with Gasteiger partial charge in [0.2, 0.25) is 0 Å². The van der Waals surface area contributed by atoms with E-state index in [1.165, 1.54) is 109 Å². The Morgan fingerprint density at radius 2 is 0.684 bits per heavy atom. The van der Waals surface area contributed by atoms with Crippen molar-refractivity contribution in [2.75, 3.05) is 13.2 Å². The largest absolute Gasteiger partial charge is 0.462 e. The van der Waals surface area contributed by atoms with Gasteiger partial charge in [-0.2, -0.15) is 0 Å². The van der Waals surface area contributed by atoms with Crippen LogP contribution in [-0.2, 0) is 28.6 Å². The first kappa shape index (κ1) is 54.4. The smallest absolute Gasteiger partial charge is 0.306 e. The zero-order chi connectivity index (χ0) is 41.5. The molecular weight excluding hydrogens is 709 g/mol. The van der Waals surface area contributed by atoms with E-state index in [1.807, 2.05) is 0 Å². The summed E-state index contributed by atoms with van der Waals surface area (Å²) in [5.41, 5.74) is 0. The summed E-state index contributed by atoms with van der Waals surface area (Å²) in [7, 11) is 0. The first-order valence-electron chi connectivity index (χ1n) is 24.1. The van der Waals surface area contributed by atoms with Gasteiger partial charge in [0, 0.05) is 19.3 Å². The van der Waals surface area contributed by atoms with Crippen LogP contribution in [-0.4, -0.2) is 37.2 Å². The molecule has 0 N–H and O–H groups in total. The predicted molar refractivity (Wildman–Crippen MR) is 242 cm³/mol. The Bertz CT molecular complexity index is 1010. The number of carbonyl (C=O) groups excluding carboxylic acids is 3. The molecule has 0 radical (unpaired) electrons. The zero-order valence-electron chi connectivity index (χ0n) is 37.6. The van der Waals surface area contributed by atoms with Crippen LogP contribution in [0.15, 0.2) is 48.6 Å². The second kappa shape index (κ2) is 46.1. The van der Waals surface area contributed by atoms with Crippen LogP contribution >= 0.6 is 0 Å². The third-order valence-corrected chi connectivity index (χ3v) is 10.3. The molecule has 1 unspecified atom stereocenters. The molecule has 57 heavy (non-hydrogen) atoms. The van der Waals surface area contributed by atoms with Crippen molar-refractivity contribution in [3.05, 3.63) is 48.6 Å². The van der Waals surface area contributed by atoms with Gasteiger partial charge < -0.3 is 14.2 Å². The summed E-state index contributed by atoms with van der Waals surface area (Å²) < 4.78 is 16.7. The van der Waals surface area contributed by atoms with Crippen molar-refractivity contribution < 1.29 is 28.6 Å². The van der Waals surface area contributed by atoms with Gasteiger partial charge in [0.1, 0.15) is 13.2 Å². The Morgan fingerprint density at radius 3 is 1.14 bits per heavy atom. The lowest BCUT2D eigenvalue weighted by Gasteiger charge is -2.18. The van der Waals surface area contributed by atoms with Gasteiger partial charge in [-0.1, -0.05) is 191 Å². The first-order valence-corrected chi connectivity index (χ1v) is 24.1. The van der Waals surface area contributed by atoms with Crippen LogP contribution in [0.2, 0.25) is 0 Å². The Hall–Kier alpha value is -2.63. The van der Waals surface area contributed by atoms with Crippen molar-refractivity contribution in [2.24, 2.45) is 0 Å². The minimum absolute atomic E-state index is 0.0893. The average molecular weight is 799 g/mol. The highest BCUT2D eigenvalue weighted by atomic mass is 16.6. The lowest BCUT2D eigenvalue weighted by molar-refractivity contribution is -0.167. The van der Waals surface area contributed by atoms with Gasteiger partial charge in [-0.05, 0) is 77.0 Å². The molecule has 0 aromatic rings. The van der Waals surface area contributed by atoms with Crippen LogP contribution in [0.25, 0.3) is 0 Å². The second-order valence-electron chi connectivity index (χ2n) is 16.0. The Balaban J connectivity index is 4.43. The molecule has 0 saturated carbocycles. The molecule has 0 saturated heterocycles. The third-order valence-electron chi connectivity index (χ3n) is 10.3. The fourth-order valence-electron chi connectivity index (χ4n) is 6.69. The molecule has 0 aromatic carbocycles. The van der Waals surface area contributed by atoms with Gasteiger partial charge in [0.25, 0.3) is 0 Å². The standard InChI is InChI=1S/C51H90O6/c1-4-7-10-13-16-19-22-25-27-29-32-35-38-41-44-50(53)56-47-48(46-55-49(52)43-40-37-34-31-28-24-21-18-15-12-9-6-3)57-51(54)45-42-39-36-33-30-26-23-20-17-14-11-8-5-2/h9,12,18,21,26,28,30-31,48H,4-8,10-11,13-17,19-20,22-25,27,29,32-47H2,1-3H3/b12-9-,21-18-,30-26-,31-28-. The SMILES string of the molecule is CC/C=C\C/C=C\C/C=C\CCCCC(=O)OCC(COC(=O)CCCCCCCCCCCCCCCC)OC(=O)CCCCC/C=C\CCCCCCCC. The lowest BCUT2D eigenvalue weighted by Crippen LogP contribution is -2.30. The average Bonchev–Trinajstić information content (AvgIpc) is 3.21. The van der Waals surface area contributed by atoms with Crippen LogP contribution < -0.4 is 0 Å². The van der Waals surface area contributed by atoms with E-state index in [1.54, 1.807) is 0 Å². The summed E-state index contributed by atoms with van der Waals surface area (Å²) >= 11 is 0. The molecule has 6 nitrogen and oxygen atoms in total. The maximum Gasteiger partial charge on any atom is 0.306 e. The monoisotopic (exact) mass is 799 g/mol. The van der Waals surface area contributed by atoms with E-state index in [-0.39, 0.29) is 31.1 Å². The van der Waals surface area contributed by atoms with E-state index in [0.29, 0.717) is 19.3 Å². The molecule has 0 rings (SSSR count). The molecule has 0 spiro atoms. The number of hydrogen-bond acceptors (Lipinski definition) is 6. The molecule has 0 aliphatic carbocycles. The third kappa shape index (κ3) is 44.3. The minimum Gasteiger partial charge on any atom is -0.462 e. The Labute approximate surface area is 352 Å². The van der Waals surface area contributed by atoms with Crippen molar-refractivity contribution in [3.8, 4) is 0 Å². The lowest BCUT2D eigenvalue weighted by atomic mass is 10.0. The van der Waals surface area contributed by atoms with E-state index in [0.717, 1.165) is 89.9 Å². The maximum absolute atomic E-state index is 12.7. The molecule has 0 amide bonds. The second-order valence-corrected chi connectivity index (χ2v) is 16.0. The number of unbranched alkanes of at least 4 members (excludes halogenated alkanes) is 24. The first-order chi connectivity index (χ1) is 28.0. The molecule has 0 aromatic heterocycles. The number of allylic oxidation sites excluding steroid dienone is 8. The van der Waals surface area contributed by atoms with Crippen LogP contribution in [0.1, 0.15) is 239 Å². The number of ether oxygens (including phenoxy) is 3. The van der Waals surface area contributed by atoms with Gasteiger partial charge in [0.05, 0.1) is 0 Å². The number of hydrogen-bond donors (Lipinski definition) is 0. The number of rotatable bonds is 43. The predicted octanol–water partition coefficient (Wildman–Crippen LogP) is 15.5. The van der Waals surface area contributed by atoms with Crippen molar-refractivity contribution >= 4 is 17.9 Å². The highest BCUT2D eigenvalue weighted by molar-refractivity contribution is 5.71. The van der Waals surface area contributed by atoms with Crippen LogP contribution in [0.4, 0.5) is 0 Å². The zero-order valence-corrected chi connectivity index (χ0v) is 37.6. The maximum atomic E-state index is 12.7. The number of esters is 3. The summed E-state index contributed by atoms with van der Waals surface area (Å²) in [6, 6.07) is 0. The molecule has 1 atom stereocenters. The Kier molecular flexibility index (Phi) is 43.9. The van der Waals surface area contributed by atoms with Crippen molar-refractivity contribution in [1.82, 2.24) is 0 Å². The summed E-state index contributed by atoms with van der Waals surface area (Å²) in [5, 5.41) is 0. The summed E-state index contributed by atoms with van der Waals surface area (Å²) in [4.78, 5) is 37.8. The van der Waals surface area contributed by atoms with E-state index in [2.05, 4.69) is 69.4 Å². The molecule has 0 aliphatic heterocycles. The van der Waals surface area contributed by atoms with Gasteiger partial charge in [-0.15, -0.1) is 0 Å². The Morgan fingerprint density at radius 1 is 0.368 bits per heavy atom. The highest BCUT2D eigenvalue weighted by Gasteiger charge is 2.19. The van der Waals surface area contributed by atoms with E-state index in [4.69, 9.17) is 14.2 Å². The minimum atomic E-state index is -0.792. The molecule has 6 heteroatoms. The molecular formula is C51H90O6. The molecule has 0 heterocycles. The normalized spacial score (nSPS) is 12.4. The topological polar surface area (TPSA) is 78.9 Å². The van der Waals surface area contributed by atoms with Gasteiger partial charge in [-0.3, -0.25) is 14.4 Å². The van der Waals surface area contributed by atoms with Crippen LogP contribution in [0, 0.1) is 0 Å². The summed E-state index contributed by atoms with van der Waals surface area (Å²) in [6.45, 7) is 6.47. The fraction of sp³-hybridized carbons (Fsp3) is 0.784. The van der Waals surface area contributed by atoms with Crippen LogP contribution in [0.3, 0.4) is 0 Å². The fourth-order valence-corrected chi connectivity index (χ4v) is 6.69. The molecule has 0 bridgehead atoms. The van der Waals surface area contributed by atoms with E-state index >= 15 is 0 Å². The summed E-state index contributed by atoms with van der Waals surface area (Å²) in [5.74, 6) is -0.944. The molecule has 0 fully saturated rings. The number of carbonyl (C=O) groups is 3. The molecule has 0 aliphatic rings. The quantitative estimate of drug-likeness (QED) is 0.0265. The van der Waals surface area contributed by atoms with Gasteiger partial charge in [-0.25, -0.2) is 0 Å². The van der Waals surface area contributed by atoms with Crippen molar-refractivity contribution in [3.63, 3.8) is 0 Å². The summed E-state index contributed by atoms with van der Waals surface area (Å²) in [6.07, 6.45) is 53.8. The van der Waals surface area contributed by atoms with Gasteiger partial charge in [0.15, 0.2) is 6.10 Å². The highest BCUT2D eigenvalue weighted by Crippen LogP contribution is 2.15. The van der Waals surface area contributed by atoms with E-state index < -0.39 is 6.10 Å². The molecule has 330 valence electrons. The van der Waals surface area contributed by atoms with Crippen LogP contribution in [0.5, 0.6) is 0 Å². The van der Waals surface area contributed by atoms with E-state index in [9.17, 15) is 14.4 Å². The van der Waals surface area contributed by atoms with Gasteiger partial charge >= 0.3 is 17.9 Å². The van der Waals surface area contributed by atoms with Crippen molar-refractivity contribution in [1.29, 1.82) is 0 Å². The van der Waals surface area contributed by atoms with Crippen molar-refractivity contribution in [2.45, 2.75) is 245 Å².